The second kappa shape index (κ2) is 1.93. The molecular formula is C5H4ClN3S. The molecule has 0 fully saturated rings. The summed E-state index contributed by atoms with van der Waals surface area (Å²) in [6.07, 6.45) is 1.60. The molecule has 0 saturated carbocycles. The molecule has 0 saturated heterocycles. The number of imidazole rings is 1. The van der Waals surface area contributed by atoms with E-state index in [9.17, 15) is 0 Å². The monoisotopic (exact) mass is 173 g/mol. The summed E-state index contributed by atoms with van der Waals surface area (Å²) in [5.74, 6) is 0. The van der Waals surface area contributed by atoms with Crippen molar-refractivity contribution in [3.05, 3.63) is 16.4 Å². The van der Waals surface area contributed by atoms with Gasteiger partial charge in [-0.15, -0.1) is 0 Å². The molecule has 0 aromatic carbocycles. The van der Waals surface area contributed by atoms with E-state index in [2.05, 4.69) is 10.1 Å². The van der Waals surface area contributed by atoms with Gasteiger partial charge in [-0.05, 0) is 6.92 Å². The molecule has 0 aliphatic rings. The van der Waals surface area contributed by atoms with Crippen LogP contribution in [-0.2, 0) is 0 Å². The largest absolute Gasteiger partial charge is 0.224 e. The van der Waals surface area contributed by atoms with Crippen LogP contribution in [0.3, 0.4) is 0 Å². The predicted molar refractivity (Wildman–Crippen MR) is 40.6 cm³/mol. The Morgan fingerprint density at radius 2 is 2.50 bits per heavy atom. The van der Waals surface area contributed by atoms with E-state index in [0.29, 0.717) is 5.15 Å². The minimum absolute atomic E-state index is 0.569. The molecule has 0 aliphatic carbocycles. The first kappa shape index (κ1) is 6.12. The van der Waals surface area contributed by atoms with Crippen molar-refractivity contribution in [1.29, 1.82) is 0 Å². The maximum absolute atomic E-state index is 5.73. The Morgan fingerprint density at radius 1 is 1.70 bits per heavy atom. The van der Waals surface area contributed by atoms with Crippen molar-refractivity contribution in [2.75, 3.05) is 0 Å². The van der Waals surface area contributed by atoms with Gasteiger partial charge in [0.15, 0.2) is 5.15 Å². The van der Waals surface area contributed by atoms with E-state index in [-0.39, 0.29) is 0 Å². The van der Waals surface area contributed by atoms with Crippen LogP contribution in [0.1, 0.15) is 5.01 Å². The Morgan fingerprint density at radius 3 is 3.20 bits per heavy atom. The van der Waals surface area contributed by atoms with Gasteiger partial charge in [0.2, 0.25) is 4.96 Å². The van der Waals surface area contributed by atoms with Gasteiger partial charge in [-0.3, -0.25) is 0 Å². The lowest BCUT2D eigenvalue weighted by Gasteiger charge is -1.78. The van der Waals surface area contributed by atoms with E-state index >= 15 is 0 Å². The lowest BCUT2D eigenvalue weighted by molar-refractivity contribution is 0.947. The van der Waals surface area contributed by atoms with Crippen LogP contribution in [0.4, 0.5) is 0 Å². The minimum atomic E-state index is 0.569. The molecule has 0 atom stereocenters. The summed E-state index contributed by atoms with van der Waals surface area (Å²) in [5, 5.41) is 5.66. The Kier molecular flexibility index (Phi) is 1.18. The zero-order valence-corrected chi connectivity index (χ0v) is 6.78. The van der Waals surface area contributed by atoms with Crippen LogP contribution < -0.4 is 0 Å². The SMILES string of the molecule is Cc1nn2c(Cl)cnc2s1. The fourth-order valence-electron chi connectivity index (χ4n) is 0.763. The molecule has 0 bridgehead atoms. The topological polar surface area (TPSA) is 30.2 Å². The second-order valence-corrected chi connectivity index (χ2v) is 3.44. The maximum atomic E-state index is 5.73. The van der Waals surface area contributed by atoms with E-state index < -0.39 is 0 Å². The van der Waals surface area contributed by atoms with Crippen molar-refractivity contribution in [2.45, 2.75) is 6.92 Å². The molecule has 2 rings (SSSR count). The van der Waals surface area contributed by atoms with Crippen LogP contribution in [0.2, 0.25) is 5.15 Å². The summed E-state index contributed by atoms with van der Waals surface area (Å²) in [5.41, 5.74) is 0. The highest BCUT2D eigenvalue weighted by atomic mass is 35.5. The molecule has 0 unspecified atom stereocenters. The Labute approximate surface area is 66.3 Å². The van der Waals surface area contributed by atoms with E-state index in [1.54, 1.807) is 10.7 Å². The van der Waals surface area contributed by atoms with Crippen molar-refractivity contribution in [2.24, 2.45) is 0 Å². The molecule has 10 heavy (non-hydrogen) atoms. The normalized spacial score (nSPS) is 11.0. The van der Waals surface area contributed by atoms with Crippen LogP contribution in [-0.4, -0.2) is 14.6 Å². The quantitative estimate of drug-likeness (QED) is 0.608. The van der Waals surface area contributed by atoms with Crippen LogP contribution in [0.5, 0.6) is 0 Å². The van der Waals surface area contributed by atoms with Crippen LogP contribution in [0.25, 0.3) is 4.96 Å². The minimum Gasteiger partial charge on any atom is -0.224 e. The summed E-state index contributed by atoms with van der Waals surface area (Å²) in [6.45, 7) is 1.93. The third-order valence-corrected chi connectivity index (χ3v) is 2.24. The van der Waals surface area contributed by atoms with Gasteiger partial charge in [-0.25, -0.2) is 4.98 Å². The van der Waals surface area contributed by atoms with Crippen molar-refractivity contribution in [1.82, 2.24) is 14.6 Å². The number of rotatable bonds is 0. The number of aromatic nitrogens is 3. The Balaban J connectivity index is 2.90. The predicted octanol–water partition coefficient (Wildman–Crippen LogP) is 1.75. The highest BCUT2D eigenvalue weighted by molar-refractivity contribution is 7.16. The maximum Gasteiger partial charge on any atom is 0.213 e. The summed E-state index contributed by atoms with van der Waals surface area (Å²) in [7, 11) is 0. The Bertz CT molecular complexity index is 364. The number of hydrogen-bond acceptors (Lipinski definition) is 3. The molecule has 5 heteroatoms. The third kappa shape index (κ3) is 0.726. The smallest absolute Gasteiger partial charge is 0.213 e. The van der Waals surface area contributed by atoms with Gasteiger partial charge >= 0.3 is 0 Å². The highest BCUT2D eigenvalue weighted by Gasteiger charge is 2.03. The zero-order valence-electron chi connectivity index (χ0n) is 5.21. The number of fused-ring (bicyclic) bond motifs is 1. The van der Waals surface area contributed by atoms with Crippen LogP contribution in [0, 0.1) is 6.92 Å². The molecule has 0 radical (unpaired) electrons. The third-order valence-electron chi connectivity index (χ3n) is 1.14. The van der Waals surface area contributed by atoms with Gasteiger partial charge in [0.1, 0.15) is 5.01 Å². The van der Waals surface area contributed by atoms with Crippen molar-refractivity contribution < 1.29 is 0 Å². The number of aryl methyl sites for hydroxylation is 1. The number of hydrogen-bond donors (Lipinski definition) is 0. The van der Waals surface area contributed by atoms with Crippen molar-refractivity contribution in [3.63, 3.8) is 0 Å². The van der Waals surface area contributed by atoms with Gasteiger partial charge in [-0.1, -0.05) is 22.9 Å². The molecule has 0 N–H and O–H groups in total. The standard InChI is InChI=1S/C5H4ClN3S/c1-3-8-9-4(6)2-7-5(9)10-3/h2H,1H3. The average Bonchev–Trinajstić information content (AvgIpc) is 2.35. The summed E-state index contributed by atoms with van der Waals surface area (Å²) in [4.78, 5) is 4.88. The lowest BCUT2D eigenvalue weighted by Crippen LogP contribution is -1.81. The fourth-order valence-corrected chi connectivity index (χ4v) is 1.70. The van der Waals surface area contributed by atoms with Gasteiger partial charge < -0.3 is 0 Å². The van der Waals surface area contributed by atoms with Gasteiger partial charge in [0.25, 0.3) is 0 Å². The first-order valence-corrected chi connectivity index (χ1v) is 3.93. The zero-order chi connectivity index (χ0) is 7.14. The molecule has 2 heterocycles. The second-order valence-electron chi connectivity index (χ2n) is 1.90. The first-order valence-electron chi connectivity index (χ1n) is 2.74. The molecule has 0 amide bonds. The first-order chi connectivity index (χ1) is 4.77. The van der Waals surface area contributed by atoms with Crippen LogP contribution in [0.15, 0.2) is 6.20 Å². The van der Waals surface area contributed by atoms with Crippen molar-refractivity contribution >= 4 is 27.9 Å². The van der Waals surface area contributed by atoms with Gasteiger partial charge in [0.05, 0.1) is 6.20 Å². The van der Waals surface area contributed by atoms with E-state index in [1.165, 1.54) is 11.3 Å². The van der Waals surface area contributed by atoms with Gasteiger partial charge in [0, 0.05) is 0 Å². The summed E-state index contributed by atoms with van der Waals surface area (Å²) < 4.78 is 1.63. The molecule has 2 aromatic rings. The number of halogens is 1. The van der Waals surface area contributed by atoms with Crippen LogP contribution >= 0.6 is 22.9 Å². The molecule has 0 spiro atoms. The van der Waals surface area contributed by atoms with Gasteiger partial charge in [-0.2, -0.15) is 9.61 Å². The Hall–Kier alpha value is -0.610. The molecule has 0 aliphatic heterocycles. The van der Waals surface area contributed by atoms with Crippen molar-refractivity contribution in [3.8, 4) is 0 Å². The van der Waals surface area contributed by atoms with E-state index in [1.807, 2.05) is 6.92 Å². The number of nitrogens with zero attached hydrogens (tertiary/aromatic N) is 3. The average molecular weight is 174 g/mol. The molecule has 2 aromatic heterocycles. The fraction of sp³-hybridized carbons (Fsp3) is 0.200. The van der Waals surface area contributed by atoms with E-state index in [4.69, 9.17) is 11.6 Å². The molecule has 3 nitrogen and oxygen atoms in total. The summed E-state index contributed by atoms with van der Waals surface area (Å²) in [6, 6.07) is 0. The highest BCUT2D eigenvalue weighted by Crippen LogP contribution is 2.16. The lowest BCUT2D eigenvalue weighted by atomic mass is 10.9. The molecular weight excluding hydrogens is 170 g/mol. The van der Waals surface area contributed by atoms with E-state index in [0.717, 1.165) is 9.97 Å². The molecule has 52 valence electrons. The summed E-state index contributed by atoms with van der Waals surface area (Å²) >= 11 is 7.26.